The molecule has 0 unspecified atom stereocenters. The normalized spacial score (nSPS) is 23.1. The molecule has 2 aliphatic heterocycles. The molecule has 0 aromatic heterocycles. The smallest absolute Gasteiger partial charge is 0.325 e. The summed E-state index contributed by atoms with van der Waals surface area (Å²) in [5, 5.41) is 14.7. The highest BCUT2D eigenvalue weighted by Gasteiger charge is 2.35. The third-order valence-corrected chi connectivity index (χ3v) is 7.31. The molecule has 2 fully saturated rings. The second-order valence-corrected chi connectivity index (χ2v) is 10.2. The number of carbonyl (C=O) groups is 2. The number of ether oxygens (including phenoxy) is 4. The first-order chi connectivity index (χ1) is 19.5. The predicted octanol–water partition coefficient (Wildman–Crippen LogP) is 3.20. The molecule has 2 amide bonds. The molecular weight excluding hydrogens is 514 g/mol. The molecule has 2 aromatic carbocycles. The van der Waals surface area contributed by atoms with E-state index in [9.17, 15) is 14.7 Å². The van der Waals surface area contributed by atoms with Gasteiger partial charge in [0.1, 0.15) is 6.54 Å². The van der Waals surface area contributed by atoms with Crippen molar-refractivity contribution in [2.75, 3.05) is 40.0 Å². The van der Waals surface area contributed by atoms with Crippen molar-refractivity contribution in [2.45, 2.75) is 63.9 Å². The van der Waals surface area contributed by atoms with Crippen molar-refractivity contribution < 1.29 is 33.6 Å². The van der Waals surface area contributed by atoms with Crippen molar-refractivity contribution >= 4 is 12.0 Å². The molecule has 0 bridgehead atoms. The highest BCUT2D eigenvalue weighted by molar-refractivity contribution is 5.80. The number of nitrogens with zero attached hydrogens (tertiary/aromatic N) is 1. The number of hydrogen-bond donors (Lipinski definition) is 3. The van der Waals surface area contributed by atoms with Crippen molar-refractivity contribution in [1.82, 2.24) is 15.5 Å². The Balaban J connectivity index is 1.40. The molecule has 0 radical (unpaired) electrons. The predicted molar refractivity (Wildman–Crippen MR) is 148 cm³/mol. The molecule has 2 heterocycles. The summed E-state index contributed by atoms with van der Waals surface area (Å²) >= 11 is 0. The lowest BCUT2D eigenvalue weighted by Crippen LogP contribution is -2.42. The highest BCUT2D eigenvalue weighted by atomic mass is 16.7. The van der Waals surface area contributed by atoms with E-state index >= 15 is 0 Å². The molecule has 2 aliphatic rings. The molecule has 10 nitrogen and oxygen atoms in total. The summed E-state index contributed by atoms with van der Waals surface area (Å²) in [5.41, 5.74) is 3.72. The van der Waals surface area contributed by atoms with E-state index in [4.69, 9.17) is 18.9 Å². The first kappa shape index (κ1) is 30.0. The van der Waals surface area contributed by atoms with E-state index in [1.54, 1.807) is 14.0 Å². The van der Waals surface area contributed by atoms with E-state index in [0.29, 0.717) is 12.6 Å². The number of aliphatic hydroxyl groups is 1. The molecule has 218 valence electrons. The van der Waals surface area contributed by atoms with E-state index in [2.05, 4.69) is 15.5 Å². The van der Waals surface area contributed by atoms with Crippen LogP contribution in [-0.2, 0) is 36.9 Å². The van der Waals surface area contributed by atoms with E-state index in [0.717, 1.165) is 61.2 Å². The van der Waals surface area contributed by atoms with Crippen molar-refractivity contribution in [3.8, 4) is 0 Å². The Kier molecular flexibility index (Phi) is 11.3. The van der Waals surface area contributed by atoms with Gasteiger partial charge in [0.05, 0.1) is 32.0 Å². The van der Waals surface area contributed by atoms with Gasteiger partial charge in [-0.3, -0.25) is 9.69 Å². The Bertz CT molecular complexity index is 1080. The lowest BCUT2D eigenvalue weighted by Gasteiger charge is -2.38. The Morgan fingerprint density at radius 3 is 2.45 bits per heavy atom. The quantitative estimate of drug-likeness (QED) is 0.342. The summed E-state index contributed by atoms with van der Waals surface area (Å²) < 4.78 is 23.2. The number of nitrogens with one attached hydrogen (secondary N) is 2. The summed E-state index contributed by atoms with van der Waals surface area (Å²) in [6.45, 7) is 4.68. The number of likely N-dealkylation sites (tertiary alicyclic amines) is 1. The Morgan fingerprint density at radius 1 is 1.02 bits per heavy atom. The second-order valence-electron chi connectivity index (χ2n) is 10.2. The van der Waals surface area contributed by atoms with Gasteiger partial charge in [-0.15, -0.1) is 0 Å². The lowest BCUT2D eigenvalue weighted by atomic mass is 9.99. The SMILES string of the molecule is CCOC(=O)CNC(=O)NCc1ccc([C@@H]2O[C@H](CN3CCC[C@H]3COC)C[C@H](c3ccc(CO)cc3)O2)cc1. The fourth-order valence-electron chi connectivity index (χ4n) is 5.21. The molecule has 40 heavy (non-hydrogen) atoms. The van der Waals surface area contributed by atoms with Gasteiger partial charge in [-0.1, -0.05) is 48.5 Å². The van der Waals surface area contributed by atoms with Crippen LogP contribution in [0.4, 0.5) is 4.79 Å². The average molecular weight is 556 g/mol. The van der Waals surface area contributed by atoms with Gasteiger partial charge in [0.15, 0.2) is 6.29 Å². The molecule has 4 rings (SSSR count). The van der Waals surface area contributed by atoms with E-state index in [-0.39, 0.29) is 32.0 Å². The van der Waals surface area contributed by atoms with Crippen molar-refractivity contribution in [2.24, 2.45) is 0 Å². The van der Waals surface area contributed by atoms with Gasteiger partial charge in [-0.2, -0.15) is 0 Å². The summed E-state index contributed by atoms with van der Waals surface area (Å²) in [6, 6.07) is 15.6. The average Bonchev–Trinajstić information content (AvgIpc) is 3.41. The number of methoxy groups -OCH3 is 1. The van der Waals surface area contributed by atoms with Gasteiger partial charge >= 0.3 is 12.0 Å². The first-order valence-corrected chi connectivity index (χ1v) is 14.0. The highest BCUT2D eigenvalue weighted by Crippen LogP contribution is 2.38. The van der Waals surface area contributed by atoms with E-state index in [1.807, 2.05) is 48.5 Å². The number of aliphatic hydroxyl groups excluding tert-OH is 1. The van der Waals surface area contributed by atoms with Gasteiger partial charge in [0, 0.05) is 38.2 Å². The Hall–Kier alpha value is -3.02. The summed E-state index contributed by atoms with van der Waals surface area (Å²) in [7, 11) is 1.75. The molecular formula is C30H41N3O7. The number of amides is 2. The number of esters is 1. The van der Waals surface area contributed by atoms with Crippen molar-refractivity contribution in [1.29, 1.82) is 0 Å². The zero-order chi connectivity index (χ0) is 28.3. The van der Waals surface area contributed by atoms with Crippen LogP contribution < -0.4 is 10.6 Å². The van der Waals surface area contributed by atoms with Crippen molar-refractivity contribution in [3.63, 3.8) is 0 Å². The molecule has 4 atom stereocenters. The zero-order valence-electron chi connectivity index (χ0n) is 23.3. The second kappa shape index (κ2) is 15.1. The molecule has 0 saturated carbocycles. The summed E-state index contributed by atoms with van der Waals surface area (Å²) in [5.74, 6) is -0.477. The summed E-state index contributed by atoms with van der Waals surface area (Å²) in [4.78, 5) is 25.9. The number of rotatable bonds is 12. The van der Waals surface area contributed by atoms with Crippen LogP contribution >= 0.6 is 0 Å². The minimum absolute atomic E-state index is 0.00424. The molecule has 10 heteroatoms. The molecule has 2 aromatic rings. The molecule has 0 aliphatic carbocycles. The number of benzene rings is 2. The number of hydrogen-bond acceptors (Lipinski definition) is 8. The fourth-order valence-corrected chi connectivity index (χ4v) is 5.21. The minimum Gasteiger partial charge on any atom is -0.465 e. The maximum Gasteiger partial charge on any atom is 0.325 e. The van der Waals surface area contributed by atoms with Crippen LogP contribution in [0, 0.1) is 0 Å². The van der Waals surface area contributed by atoms with Crippen LogP contribution in [0.15, 0.2) is 48.5 Å². The minimum atomic E-state index is -0.542. The maximum absolute atomic E-state index is 12.0. The Labute approximate surface area is 235 Å². The van der Waals surface area contributed by atoms with Gasteiger partial charge in [-0.25, -0.2) is 4.79 Å². The van der Waals surface area contributed by atoms with E-state index < -0.39 is 18.3 Å². The topological polar surface area (TPSA) is 119 Å². The first-order valence-electron chi connectivity index (χ1n) is 14.0. The van der Waals surface area contributed by atoms with Gasteiger partial charge < -0.3 is 34.7 Å². The zero-order valence-corrected chi connectivity index (χ0v) is 23.3. The van der Waals surface area contributed by atoms with Crippen LogP contribution in [0.1, 0.15) is 60.8 Å². The van der Waals surface area contributed by atoms with Crippen molar-refractivity contribution in [3.05, 3.63) is 70.8 Å². The van der Waals surface area contributed by atoms with Crippen LogP contribution in [0.5, 0.6) is 0 Å². The monoisotopic (exact) mass is 555 g/mol. The molecule has 0 spiro atoms. The summed E-state index contributed by atoms with van der Waals surface area (Å²) in [6.07, 6.45) is 2.30. The van der Waals surface area contributed by atoms with Gasteiger partial charge in [0.2, 0.25) is 0 Å². The fraction of sp³-hybridized carbons (Fsp3) is 0.533. The third kappa shape index (κ3) is 8.49. The van der Waals surface area contributed by atoms with Crippen LogP contribution in [-0.4, -0.2) is 74.1 Å². The van der Waals surface area contributed by atoms with Gasteiger partial charge in [0.25, 0.3) is 0 Å². The van der Waals surface area contributed by atoms with Crippen LogP contribution in [0.25, 0.3) is 0 Å². The largest absolute Gasteiger partial charge is 0.465 e. The van der Waals surface area contributed by atoms with Crippen LogP contribution in [0.3, 0.4) is 0 Å². The molecule has 2 saturated heterocycles. The van der Waals surface area contributed by atoms with E-state index in [1.165, 1.54) is 0 Å². The molecule has 3 N–H and O–H groups in total. The number of carbonyl (C=O) groups excluding carboxylic acids is 2. The number of urea groups is 1. The lowest BCUT2D eigenvalue weighted by molar-refractivity contribution is -0.253. The van der Waals surface area contributed by atoms with Crippen LogP contribution in [0.2, 0.25) is 0 Å². The third-order valence-electron chi connectivity index (χ3n) is 7.31. The van der Waals surface area contributed by atoms with Gasteiger partial charge in [-0.05, 0) is 43.0 Å². The maximum atomic E-state index is 12.0. The standard InChI is InChI=1S/C30H41N3O7/c1-3-38-28(35)17-32-30(36)31-16-21-6-12-24(13-7-21)29-39-26(18-33-14-4-5-25(33)20-37-2)15-27(40-29)23-10-8-22(19-34)9-11-23/h6-13,25-27,29,34H,3-5,14-20H2,1-2H3,(H2,31,32,36)/t25-,26-,27+,29+/m0/s1. The Morgan fingerprint density at radius 2 is 1.75 bits per heavy atom.